The summed E-state index contributed by atoms with van der Waals surface area (Å²) in [5, 5.41) is 14.8. The molecule has 0 aliphatic heterocycles. The van der Waals surface area contributed by atoms with E-state index in [2.05, 4.69) is 0 Å². The Hall–Kier alpha value is -0.0210. The van der Waals surface area contributed by atoms with E-state index in [-0.39, 0.29) is 34.1 Å². The van der Waals surface area contributed by atoms with Crippen molar-refractivity contribution in [3.05, 3.63) is 0 Å². The third-order valence-corrected chi connectivity index (χ3v) is 0. The van der Waals surface area contributed by atoms with Crippen molar-refractivity contribution in [2.45, 2.75) is 13.8 Å². The van der Waals surface area contributed by atoms with Crippen LogP contribution in [0.25, 0.3) is 0 Å². The summed E-state index contributed by atoms with van der Waals surface area (Å²) in [5.74, 6) is -1.67. The predicted octanol–water partition coefficient (Wildman–Crippen LogP) is 0.177. The van der Waals surface area contributed by atoms with Crippen LogP contribution in [-0.4, -0.2) is 22.2 Å². The van der Waals surface area contributed by atoms with Crippen molar-refractivity contribution in [1.29, 1.82) is 0 Å². The predicted molar refractivity (Wildman–Crippen MR) is 26.6 cm³/mol. The Morgan fingerprint density at radius 3 is 0.900 bits per heavy atom. The normalized spacial score (nSPS) is 5.00. The third kappa shape index (κ3) is 878000. The standard InChI is InChI=1S/2C2H4O2.2Fe/c2*1-2(3)4;;/h2*1H3,(H,3,4);;. The van der Waals surface area contributed by atoms with Gasteiger partial charge in [-0.15, -0.1) is 0 Å². The van der Waals surface area contributed by atoms with E-state index in [0.717, 1.165) is 13.8 Å². The Bertz CT molecular complexity index is 73.3. The summed E-state index contributed by atoms with van der Waals surface area (Å²) >= 11 is 0. The first-order chi connectivity index (χ1) is 3.46. The summed E-state index contributed by atoms with van der Waals surface area (Å²) < 4.78 is 0. The monoisotopic (exact) mass is 232 g/mol. The number of aliphatic carboxylic acids is 2. The molecule has 0 aromatic carbocycles. The summed E-state index contributed by atoms with van der Waals surface area (Å²) in [5.41, 5.74) is 0. The molecular formula is C4H8Fe2O4. The zero-order valence-electron chi connectivity index (χ0n) is 5.42. The second-order valence-electron chi connectivity index (χ2n) is 1.04. The molecule has 64 valence electrons. The van der Waals surface area contributed by atoms with E-state index in [0.29, 0.717) is 0 Å². The second-order valence-corrected chi connectivity index (χ2v) is 1.04. The zero-order valence-corrected chi connectivity index (χ0v) is 7.63. The van der Waals surface area contributed by atoms with Gasteiger partial charge < -0.3 is 10.2 Å². The molecule has 2 N–H and O–H groups in total. The summed E-state index contributed by atoms with van der Waals surface area (Å²) in [6, 6.07) is 0. The molecule has 0 aliphatic rings. The maximum absolute atomic E-state index is 9.00. The van der Waals surface area contributed by atoms with Crippen LogP contribution in [0, 0.1) is 0 Å². The average Bonchev–Trinajstić information content (AvgIpc) is 1.25. The molecular weight excluding hydrogens is 224 g/mol. The first-order valence-corrected chi connectivity index (χ1v) is 1.86. The van der Waals surface area contributed by atoms with Gasteiger partial charge in [0.2, 0.25) is 0 Å². The molecule has 0 amide bonds. The first-order valence-electron chi connectivity index (χ1n) is 1.86. The minimum absolute atomic E-state index is 0. The summed E-state index contributed by atoms with van der Waals surface area (Å²) in [6.07, 6.45) is 0. The molecule has 0 aliphatic carbocycles. The van der Waals surface area contributed by atoms with Crippen LogP contribution in [0.2, 0.25) is 0 Å². The van der Waals surface area contributed by atoms with Crippen molar-refractivity contribution in [3.63, 3.8) is 0 Å². The number of carbonyl (C=O) groups is 2. The Balaban J connectivity index is -0.0000000300. The van der Waals surface area contributed by atoms with Gasteiger partial charge in [-0.2, -0.15) is 0 Å². The SMILES string of the molecule is CC(=O)O.CC(=O)O.[Fe].[Fe]. The van der Waals surface area contributed by atoms with Crippen LogP contribution in [0.5, 0.6) is 0 Å². The number of hydrogen-bond acceptors (Lipinski definition) is 2. The van der Waals surface area contributed by atoms with Crippen LogP contribution in [0.15, 0.2) is 0 Å². The fourth-order valence-corrected chi connectivity index (χ4v) is 0. The van der Waals surface area contributed by atoms with Gasteiger partial charge in [-0.3, -0.25) is 9.59 Å². The minimum Gasteiger partial charge on any atom is -0.481 e. The summed E-state index contributed by atoms with van der Waals surface area (Å²) in [7, 11) is 0. The van der Waals surface area contributed by atoms with Crippen molar-refractivity contribution < 1.29 is 53.9 Å². The van der Waals surface area contributed by atoms with E-state index in [1.165, 1.54) is 0 Å². The number of carboxylic acid groups (broad SMARTS) is 2. The van der Waals surface area contributed by atoms with Crippen LogP contribution in [0.4, 0.5) is 0 Å². The Kier molecular flexibility index (Phi) is 36.0. The van der Waals surface area contributed by atoms with Gasteiger partial charge >= 0.3 is 0 Å². The van der Waals surface area contributed by atoms with E-state index in [1.54, 1.807) is 0 Å². The van der Waals surface area contributed by atoms with Crippen LogP contribution in [0.1, 0.15) is 13.8 Å². The average molecular weight is 232 g/mol. The van der Waals surface area contributed by atoms with Crippen molar-refractivity contribution in [2.75, 3.05) is 0 Å². The van der Waals surface area contributed by atoms with E-state index >= 15 is 0 Å². The van der Waals surface area contributed by atoms with Crippen LogP contribution >= 0.6 is 0 Å². The second kappa shape index (κ2) is 16.0. The van der Waals surface area contributed by atoms with E-state index in [1.807, 2.05) is 0 Å². The van der Waals surface area contributed by atoms with Gasteiger partial charge in [0.1, 0.15) is 0 Å². The Morgan fingerprint density at radius 1 is 0.900 bits per heavy atom. The van der Waals surface area contributed by atoms with Crippen LogP contribution in [0.3, 0.4) is 0 Å². The molecule has 4 nitrogen and oxygen atoms in total. The molecule has 0 saturated heterocycles. The molecule has 0 aromatic rings. The number of hydrogen-bond donors (Lipinski definition) is 2. The number of rotatable bonds is 0. The van der Waals surface area contributed by atoms with Crippen molar-refractivity contribution in [3.8, 4) is 0 Å². The van der Waals surface area contributed by atoms with Gasteiger partial charge in [0.05, 0.1) is 0 Å². The van der Waals surface area contributed by atoms with Crippen molar-refractivity contribution >= 4 is 11.9 Å². The molecule has 0 spiro atoms. The van der Waals surface area contributed by atoms with Crippen molar-refractivity contribution in [1.82, 2.24) is 0 Å². The maximum Gasteiger partial charge on any atom is 0.300 e. The molecule has 0 fully saturated rings. The molecule has 0 heterocycles. The summed E-state index contributed by atoms with van der Waals surface area (Å²) in [6.45, 7) is 2.17. The van der Waals surface area contributed by atoms with E-state index in [9.17, 15) is 0 Å². The van der Waals surface area contributed by atoms with Crippen molar-refractivity contribution in [2.24, 2.45) is 0 Å². The molecule has 0 rings (SSSR count). The topological polar surface area (TPSA) is 74.6 Å². The van der Waals surface area contributed by atoms with Gasteiger partial charge in [-0.05, 0) is 0 Å². The smallest absolute Gasteiger partial charge is 0.300 e. The van der Waals surface area contributed by atoms with Gasteiger partial charge in [-0.1, -0.05) is 0 Å². The fraction of sp³-hybridized carbons (Fsp3) is 0.500. The van der Waals surface area contributed by atoms with Crippen LogP contribution in [-0.2, 0) is 43.7 Å². The molecule has 0 saturated carbocycles. The molecule has 0 radical (unpaired) electrons. The van der Waals surface area contributed by atoms with Gasteiger partial charge in [0.15, 0.2) is 0 Å². The maximum atomic E-state index is 9.00. The molecule has 10 heavy (non-hydrogen) atoms. The summed E-state index contributed by atoms with van der Waals surface area (Å²) in [4.78, 5) is 18.0. The molecule has 0 bridgehead atoms. The zero-order chi connectivity index (χ0) is 7.15. The molecule has 6 heteroatoms. The molecule has 0 unspecified atom stereocenters. The number of carboxylic acids is 2. The Labute approximate surface area is 79.9 Å². The molecule has 0 atom stereocenters. The first kappa shape index (κ1) is 22.5. The van der Waals surface area contributed by atoms with Gasteiger partial charge in [0, 0.05) is 48.0 Å². The van der Waals surface area contributed by atoms with Gasteiger partial charge in [0.25, 0.3) is 11.9 Å². The van der Waals surface area contributed by atoms with Gasteiger partial charge in [-0.25, -0.2) is 0 Å². The third-order valence-electron chi connectivity index (χ3n) is 0. The van der Waals surface area contributed by atoms with Crippen LogP contribution < -0.4 is 0 Å². The Morgan fingerprint density at radius 2 is 0.900 bits per heavy atom. The largest absolute Gasteiger partial charge is 0.481 e. The quantitative estimate of drug-likeness (QED) is 0.584. The van der Waals surface area contributed by atoms with E-state index < -0.39 is 11.9 Å². The fourth-order valence-electron chi connectivity index (χ4n) is 0. The van der Waals surface area contributed by atoms with E-state index in [4.69, 9.17) is 19.8 Å². The molecule has 0 aromatic heterocycles. The minimum atomic E-state index is -0.833.